The van der Waals surface area contributed by atoms with Crippen molar-refractivity contribution in [2.24, 2.45) is 0 Å². The number of imide groups is 1. The Morgan fingerprint density at radius 3 is 2.58 bits per heavy atom. The Labute approximate surface area is 140 Å². The summed E-state index contributed by atoms with van der Waals surface area (Å²) in [7, 11) is 1.37. The maximum absolute atomic E-state index is 12.4. The first-order valence-electron chi connectivity index (χ1n) is 6.58. The second-order valence-electron chi connectivity index (χ2n) is 4.89. The van der Waals surface area contributed by atoms with Crippen LogP contribution in [-0.2, 0) is 0 Å². The largest absolute Gasteiger partial charge is 0.495 e. The van der Waals surface area contributed by atoms with E-state index in [1.807, 2.05) is 6.07 Å². The molecule has 2 amide bonds. The fourth-order valence-electron chi connectivity index (χ4n) is 2.50. The molecule has 24 heavy (non-hydrogen) atoms. The summed E-state index contributed by atoms with van der Waals surface area (Å²) >= 11 is 5.98. The fourth-order valence-corrected chi connectivity index (χ4v) is 2.74. The second-order valence-corrected chi connectivity index (χ2v) is 5.30. The van der Waals surface area contributed by atoms with Crippen LogP contribution in [0.15, 0.2) is 23.0 Å². The van der Waals surface area contributed by atoms with Gasteiger partial charge in [-0.1, -0.05) is 11.6 Å². The number of nitrogens with one attached hydrogen (secondary N) is 1. The lowest BCUT2D eigenvalue weighted by Gasteiger charge is -2.15. The number of carbonyl (C=O) groups is 2. The van der Waals surface area contributed by atoms with Crippen LogP contribution in [0.1, 0.15) is 26.3 Å². The standard InChI is InChI=1S/C15H9ClN4O4/c1-24-10-4-9(6(5-17)2-8(10)16)20-11(21)3-7-12(13(20)18)15(23)19-14(7)22/h2-4H,18H2,1H3,(H,19,22,23). The number of halogens is 1. The summed E-state index contributed by atoms with van der Waals surface area (Å²) in [5, 5.41) is 11.5. The number of anilines is 1. The summed E-state index contributed by atoms with van der Waals surface area (Å²) in [6.07, 6.45) is 0. The predicted molar refractivity (Wildman–Crippen MR) is 84.5 cm³/mol. The third-order valence-corrected chi connectivity index (χ3v) is 3.88. The highest BCUT2D eigenvalue weighted by Gasteiger charge is 2.32. The number of nitrogens with zero attached hydrogens (tertiary/aromatic N) is 2. The van der Waals surface area contributed by atoms with E-state index in [1.54, 1.807) is 0 Å². The molecule has 0 saturated heterocycles. The van der Waals surface area contributed by atoms with Crippen LogP contribution < -0.4 is 21.3 Å². The van der Waals surface area contributed by atoms with E-state index in [-0.39, 0.29) is 39.0 Å². The molecule has 3 rings (SSSR count). The second kappa shape index (κ2) is 5.40. The number of ether oxygens (including phenoxy) is 1. The first-order chi connectivity index (χ1) is 11.4. The number of hydrogen-bond donors (Lipinski definition) is 2. The highest BCUT2D eigenvalue weighted by atomic mass is 35.5. The Hall–Kier alpha value is -3.31. The van der Waals surface area contributed by atoms with Gasteiger partial charge in [-0.05, 0) is 6.07 Å². The van der Waals surface area contributed by atoms with Crippen LogP contribution >= 0.6 is 11.6 Å². The van der Waals surface area contributed by atoms with Gasteiger partial charge in [0.2, 0.25) is 0 Å². The van der Waals surface area contributed by atoms with Crippen molar-refractivity contribution in [2.45, 2.75) is 0 Å². The van der Waals surface area contributed by atoms with Gasteiger partial charge in [-0.2, -0.15) is 5.26 Å². The predicted octanol–water partition coefficient (Wildman–Crippen LogP) is 0.837. The molecule has 0 unspecified atom stereocenters. The zero-order valence-corrected chi connectivity index (χ0v) is 13.0. The van der Waals surface area contributed by atoms with Gasteiger partial charge in [0.05, 0.1) is 34.5 Å². The van der Waals surface area contributed by atoms with Crippen molar-refractivity contribution in [1.29, 1.82) is 5.26 Å². The number of benzene rings is 1. The van der Waals surface area contributed by atoms with Crippen LogP contribution in [0.2, 0.25) is 5.02 Å². The number of methoxy groups -OCH3 is 1. The van der Waals surface area contributed by atoms with E-state index in [9.17, 15) is 19.6 Å². The molecular formula is C15H9ClN4O4. The first kappa shape index (κ1) is 15.6. The van der Waals surface area contributed by atoms with Gasteiger partial charge in [-0.3, -0.25) is 24.3 Å². The Balaban J connectivity index is 2.39. The number of aromatic nitrogens is 1. The maximum Gasteiger partial charge on any atom is 0.262 e. The lowest BCUT2D eigenvalue weighted by atomic mass is 10.1. The van der Waals surface area contributed by atoms with Crippen molar-refractivity contribution in [2.75, 3.05) is 12.8 Å². The highest BCUT2D eigenvalue weighted by Crippen LogP contribution is 2.31. The van der Waals surface area contributed by atoms with Crippen LogP contribution in [-0.4, -0.2) is 23.5 Å². The highest BCUT2D eigenvalue weighted by molar-refractivity contribution is 6.32. The number of fused-ring (bicyclic) bond motifs is 1. The lowest BCUT2D eigenvalue weighted by molar-refractivity contribution is 0.0880. The quantitative estimate of drug-likeness (QED) is 0.777. The molecule has 120 valence electrons. The Morgan fingerprint density at radius 2 is 1.96 bits per heavy atom. The van der Waals surface area contributed by atoms with Gasteiger partial charge in [0, 0.05) is 12.1 Å². The fraction of sp³-hybridized carbons (Fsp3) is 0.0667. The van der Waals surface area contributed by atoms with Crippen LogP contribution in [0.4, 0.5) is 5.82 Å². The van der Waals surface area contributed by atoms with Crippen LogP contribution in [0, 0.1) is 11.3 Å². The molecule has 3 N–H and O–H groups in total. The molecule has 0 aliphatic carbocycles. The number of nitriles is 1. The third kappa shape index (κ3) is 2.11. The monoisotopic (exact) mass is 344 g/mol. The molecule has 9 heteroatoms. The molecule has 0 atom stereocenters. The minimum absolute atomic E-state index is 0.0549. The number of rotatable bonds is 2. The zero-order valence-electron chi connectivity index (χ0n) is 12.2. The van der Waals surface area contributed by atoms with E-state index in [4.69, 9.17) is 22.1 Å². The third-order valence-electron chi connectivity index (χ3n) is 3.58. The van der Waals surface area contributed by atoms with Crippen LogP contribution in [0.25, 0.3) is 5.69 Å². The average molecular weight is 345 g/mol. The Kier molecular flexibility index (Phi) is 3.51. The minimum atomic E-state index is -0.708. The molecule has 1 aromatic heterocycles. The molecule has 0 spiro atoms. The van der Waals surface area contributed by atoms with Crippen molar-refractivity contribution in [3.8, 4) is 17.5 Å². The molecule has 0 bridgehead atoms. The van der Waals surface area contributed by atoms with Gasteiger partial charge in [0.25, 0.3) is 17.4 Å². The van der Waals surface area contributed by atoms with Crippen molar-refractivity contribution in [3.05, 3.63) is 50.3 Å². The first-order valence-corrected chi connectivity index (χ1v) is 6.96. The van der Waals surface area contributed by atoms with Crippen LogP contribution in [0.3, 0.4) is 0 Å². The normalized spacial score (nSPS) is 12.5. The number of nitrogens with two attached hydrogens (primary N) is 1. The molecule has 1 aliphatic heterocycles. The number of nitrogen functional groups attached to an aromatic ring is 1. The van der Waals surface area contributed by atoms with Crippen molar-refractivity contribution >= 4 is 29.2 Å². The van der Waals surface area contributed by atoms with E-state index < -0.39 is 17.4 Å². The van der Waals surface area contributed by atoms with Crippen LogP contribution in [0.5, 0.6) is 5.75 Å². The molecule has 1 aromatic carbocycles. The van der Waals surface area contributed by atoms with E-state index in [0.717, 1.165) is 10.6 Å². The molecule has 2 aromatic rings. The minimum Gasteiger partial charge on any atom is -0.495 e. The molecule has 0 fully saturated rings. The molecule has 1 aliphatic rings. The smallest absolute Gasteiger partial charge is 0.262 e. The lowest BCUT2D eigenvalue weighted by Crippen LogP contribution is -2.24. The van der Waals surface area contributed by atoms with E-state index >= 15 is 0 Å². The van der Waals surface area contributed by atoms with Crippen molar-refractivity contribution in [1.82, 2.24) is 9.88 Å². The number of amides is 2. The van der Waals surface area contributed by atoms with Crippen molar-refractivity contribution in [3.63, 3.8) is 0 Å². The molecule has 2 heterocycles. The van der Waals surface area contributed by atoms with Gasteiger partial charge in [-0.15, -0.1) is 0 Å². The number of carbonyl (C=O) groups excluding carboxylic acids is 2. The molecule has 0 radical (unpaired) electrons. The summed E-state index contributed by atoms with van der Waals surface area (Å²) < 4.78 is 6.05. The van der Waals surface area contributed by atoms with Gasteiger partial charge in [0.1, 0.15) is 17.6 Å². The van der Waals surface area contributed by atoms with Gasteiger partial charge < -0.3 is 10.5 Å². The SMILES string of the molecule is COc1cc(-n2c(N)c3c(cc2=O)C(=O)NC3=O)c(C#N)cc1Cl. The summed E-state index contributed by atoms with van der Waals surface area (Å²) in [5.74, 6) is -1.43. The van der Waals surface area contributed by atoms with Gasteiger partial charge in [-0.25, -0.2) is 0 Å². The number of pyridine rings is 1. The summed E-state index contributed by atoms with van der Waals surface area (Å²) in [4.78, 5) is 36.0. The summed E-state index contributed by atoms with van der Waals surface area (Å²) in [6.45, 7) is 0. The zero-order chi connectivity index (χ0) is 17.6. The van der Waals surface area contributed by atoms with E-state index in [0.29, 0.717) is 0 Å². The van der Waals surface area contributed by atoms with Gasteiger partial charge >= 0.3 is 0 Å². The average Bonchev–Trinajstić information content (AvgIpc) is 2.82. The summed E-state index contributed by atoms with van der Waals surface area (Å²) in [6, 6.07) is 5.58. The number of hydrogen-bond acceptors (Lipinski definition) is 6. The van der Waals surface area contributed by atoms with E-state index in [2.05, 4.69) is 5.32 Å². The van der Waals surface area contributed by atoms with Gasteiger partial charge in [0.15, 0.2) is 0 Å². The molecular weight excluding hydrogens is 336 g/mol. The Bertz CT molecular complexity index is 1020. The summed E-state index contributed by atoms with van der Waals surface area (Å²) in [5.41, 5.74) is 5.21. The molecule has 8 nitrogen and oxygen atoms in total. The van der Waals surface area contributed by atoms with E-state index in [1.165, 1.54) is 19.2 Å². The topological polar surface area (TPSA) is 127 Å². The molecule has 0 saturated carbocycles. The maximum atomic E-state index is 12.4. The Morgan fingerprint density at radius 1 is 1.25 bits per heavy atom. The van der Waals surface area contributed by atoms with Crippen molar-refractivity contribution < 1.29 is 14.3 Å².